The molecule has 1 fully saturated rings. The van der Waals surface area contributed by atoms with Crippen LogP contribution in [0.1, 0.15) is 0 Å². The second-order valence-corrected chi connectivity index (χ2v) is 7.39. The van der Waals surface area contributed by atoms with Gasteiger partial charge in [-0.15, -0.1) is 0 Å². The predicted molar refractivity (Wildman–Crippen MR) is 116 cm³/mol. The van der Waals surface area contributed by atoms with Gasteiger partial charge in [-0.2, -0.15) is 0 Å². The second-order valence-electron chi connectivity index (χ2n) is 7.39. The van der Waals surface area contributed by atoms with E-state index in [1.165, 1.54) is 4.90 Å². The zero-order chi connectivity index (χ0) is 20.1. The number of aromatic hydroxyl groups is 1. The summed E-state index contributed by atoms with van der Waals surface area (Å²) >= 11 is 0. The fourth-order valence-corrected chi connectivity index (χ4v) is 3.80. The number of carbonyl (C=O) groups excluding carboxylic acids is 1. The van der Waals surface area contributed by atoms with Crippen LogP contribution in [0.25, 0.3) is 11.1 Å². The number of nitrogens with one attached hydrogen (secondary N) is 2. The van der Waals surface area contributed by atoms with Crippen LogP contribution in [0, 0.1) is 0 Å². The molecule has 0 aromatic heterocycles. The number of nitrogens with zero attached hydrogens (tertiary/aromatic N) is 1. The van der Waals surface area contributed by atoms with Gasteiger partial charge < -0.3 is 20.2 Å². The van der Waals surface area contributed by atoms with Crippen LogP contribution < -0.4 is 15.1 Å². The van der Waals surface area contributed by atoms with Crippen molar-refractivity contribution in [2.24, 2.45) is 0 Å². The monoisotopic (exact) mass is 388 g/mol. The first-order valence-electron chi connectivity index (χ1n) is 10.0. The molecule has 0 aliphatic carbocycles. The summed E-state index contributed by atoms with van der Waals surface area (Å²) in [7, 11) is 0. The van der Waals surface area contributed by atoms with Crippen molar-refractivity contribution in [2.45, 2.75) is 0 Å². The number of para-hydroxylation sites is 1. The summed E-state index contributed by atoms with van der Waals surface area (Å²) in [5.74, 6) is 0.326. The molecule has 3 aromatic rings. The van der Waals surface area contributed by atoms with Crippen LogP contribution in [0.5, 0.6) is 5.75 Å². The van der Waals surface area contributed by atoms with E-state index >= 15 is 0 Å². The Hall–Kier alpha value is -3.31. The number of carbonyl (C=O) groups is 1. The van der Waals surface area contributed by atoms with E-state index in [0.717, 1.165) is 48.7 Å². The highest BCUT2D eigenvalue weighted by atomic mass is 16.3. The lowest BCUT2D eigenvalue weighted by Gasteiger charge is -2.33. The average Bonchev–Trinajstić information content (AvgIpc) is 2.76. The van der Waals surface area contributed by atoms with E-state index in [1.54, 1.807) is 12.1 Å². The number of piperazine rings is 1. The lowest BCUT2D eigenvalue weighted by atomic mass is 10.0. The number of amides is 1. The van der Waals surface area contributed by atoms with Crippen molar-refractivity contribution in [2.75, 3.05) is 42.9 Å². The molecule has 3 N–H and O–H groups in total. The Morgan fingerprint density at radius 3 is 2.28 bits per heavy atom. The smallest absolute Gasteiger partial charge is 0.279 e. The van der Waals surface area contributed by atoms with Gasteiger partial charge in [0.25, 0.3) is 5.91 Å². The average molecular weight is 388 g/mol. The van der Waals surface area contributed by atoms with Crippen molar-refractivity contribution in [3.05, 3.63) is 78.9 Å². The van der Waals surface area contributed by atoms with Gasteiger partial charge in [0.2, 0.25) is 0 Å². The van der Waals surface area contributed by atoms with Crippen LogP contribution in [0.4, 0.5) is 11.4 Å². The number of rotatable bonds is 5. The summed E-state index contributed by atoms with van der Waals surface area (Å²) in [6, 6.07) is 25.4. The lowest BCUT2D eigenvalue weighted by molar-refractivity contribution is -0.892. The summed E-state index contributed by atoms with van der Waals surface area (Å²) in [5.41, 5.74) is 4.10. The molecule has 5 heteroatoms. The quantitative estimate of drug-likeness (QED) is 0.629. The number of hydrogen-bond donors (Lipinski definition) is 3. The second kappa shape index (κ2) is 8.80. The number of anilines is 2. The molecule has 4 rings (SSSR count). The standard InChI is InChI=1S/C24H25N3O2/c28-21-12-10-20(11-13-21)27-16-14-26(15-17-27)18-24(29)25-23-9-5-4-8-22(23)19-6-2-1-3-7-19/h1-13,28H,14-18H2,(H,25,29)/p+1. The fraction of sp³-hybridized carbons (Fsp3) is 0.208. The highest BCUT2D eigenvalue weighted by Gasteiger charge is 2.22. The molecule has 1 amide bonds. The molecule has 0 unspecified atom stereocenters. The van der Waals surface area contributed by atoms with Gasteiger partial charge in [0, 0.05) is 16.9 Å². The van der Waals surface area contributed by atoms with E-state index in [4.69, 9.17) is 0 Å². The summed E-state index contributed by atoms with van der Waals surface area (Å²) in [6.45, 7) is 4.08. The van der Waals surface area contributed by atoms with Gasteiger partial charge in [-0.3, -0.25) is 4.79 Å². The van der Waals surface area contributed by atoms with Crippen molar-refractivity contribution in [1.29, 1.82) is 0 Å². The Morgan fingerprint density at radius 1 is 0.897 bits per heavy atom. The number of quaternary nitrogens is 1. The van der Waals surface area contributed by atoms with Crippen molar-refractivity contribution in [1.82, 2.24) is 0 Å². The Balaban J connectivity index is 1.34. The number of phenols is 1. The van der Waals surface area contributed by atoms with Crippen molar-refractivity contribution in [3.8, 4) is 16.9 Å². The van der Waals surface area contributed by atoms with E-state index < -0.39 is 0 Å². The first-order chi connectivity index (χ1) is 14.2. The molecule has 5 nitrogen and oxygen atoms in total. The van der Waals surface area contributed by atoms with Gasteiger partial charge >= 0.3 is 0 Å². The third-order valence-electron chi connectivity index (χ3n) is 5.38. The lowest BCUT2D eigenvalue weighted by Crippen LogP contribution is -3.15. The molecule has 0 spiro atoms. The van der Waals surface area contributed by atoms with Crippen LogP contribution in [-0.4, -0.2) is 43.7 Å². The van der Waals surface area contributed by atoms with Crippen LogP contribution >= 0.6 is 0 Å². The molecule has 1 aliphatic heterocycles. The van der Waals surface area contributed by atoms with Crippen molar-refractivity contribution in [3.63, 3.8) is 0 Å². The zero-order valence-corrected chi connectivity index (χ0v) is 16.3. The predicted octanol–water partition coefficient (Wildman–Crippen LogP) is 2.40. The minimum absolute atomic E-state index is 0.0430. The third-order valence-corrected chi connectivity index (χ3v) is 5.38. The molecule has 0 atom stereocenters. The molecule has 148 valence electrons. The van der Waals surface area contributed by atoms with Gasteiger partial charge in [-0.1, -0.05) is 48.5 Å². The van der Waals surface area contributed by atoms with Crippen LogP contribution in [0.2, 0.25) is 0 Å². The van der Waals surface area contributed by atoms with E-state index in [0.29, 0.717) is 6.54 Å². The molecule has 1 aliphatic rings. The van der Waals surface area contributed by atoms with E-state index in [9.17, 15) is 9.90 Å². The Bertz CT molecular complexity index is 949. The number of hydrogen-bond acceptors (Lipinski definition) is 3. The molecule has 3 aromatic carbocycles. The fourth-order valence-electron chi connectivity index (χ4n) is 3.80. The highest BCUT2D eigenvalue weighted by molar-refractivity contribution is 5.96. The van der Waals surface area contributed by atoms with Crippen LogP contribution in [0.3, 0.4) is 0 Å². The van der Waals surface area contributed by atoms with Crippen molar-refractivity contribution >= 4 is 17.3 Å². The van der Waals surface area contributed by atoms with E-state index in [-0.39, 0.29) is 11.7 Å². The zero-order valence-electron chi connectivity index (χ0n) is 16.3. The van der Waals surface area contributed by atoms with Gasteiger partial charge in [0.15, 0.2) is 6.54 Å². The molecular formula is C24H26N3O2+. The van der Waals surface area contributed by atoms with Gasteiger partial charge in [0.05, 0.1) is 26.2 Å². The normalized spacial score (nSPS) is 14.6. The summed E-state index contributed by atoms with van der Waals surface area (Å²) < 4.78 is 0. The third kappa shape index (κ3) is 4.76. The first kappa shape index (κ1) is 19.0. The van der Waals surface area contributed by atoms with Crippen LogP contribution in [0.15, 0.2) is 78.9 Å². The number of phenolic OH excluding ortho intramolecular Hbond substituents is 1. The maximum absolute atomic E-state index is 12.7. The molecular weight excluding hydrogens is 362 g/mol. The minimum atomic E-state index is 0.0430. The maximum Gasteiger partial charge on any atom is 0.279 e. The topological polar surface area (TPSA) is 57.0 Å². The Labute approximate surface area is 171 Å². The minimum Gasteiger partial charge on any atom is -0.508 e. The SMILES string of the molecule is O=C(C[NH+]1CCN(c2ccc(O)cc2)CC1)Nc1ccccc1-c1ccccc1. The van der Waals surface area contributed by atoms with Crippen LogP contribution in [-0.2, 0) is 4.79 Å². The van der Waals surface area contributed by atoms with Gasteiger partial charge in [0.1, 0.15) is 5.75 Å². The van der Waals surface area contributed by atoms with Gasteiger partial charge in [-0.25, -0.2) is 0 Å². The number of benzene rings is 3. The molecule has 29 heavy (non-hydrogen) atoms. The molecule has 0 saturated carbocycles. The first-order valence-corrected chi connectivity index (χ1v) is 10.0. The molecule has 1 saturated heterocycles. The summed E-state index contributed by atoms with van der Waals surface area (Å²) in [4.78, 5) is 16.3. The highest BCUT2D eigenvalue weighted by Crippen LogP contribution is 2.27. The maximum atomic E-state index is 12.7. The molecule has 0 radical (unpaired) electrons. The Kier molecular flexibility index (Phi) is 5.77. The van der Waals surface area contributed by atoms with Gasteiger partial charge in [-0.05, 0) is 35.9 Å². The molecule has 0 bridgehead atoms. The van der Waals surface area contributed by atoms with E-state index in [2.05, 4.69) is 22.3 Å². The summed E-state index contributed by atoms with van der Waals surface area (Å²) in [6.07, 6.45) is 0. The Morgan fingerprint density at radius 2 is 1.55 bits per heavy atom. The summed E-state index contributed by atoms with van der Waals surface area (Å²) in [5, 5.41) is 12.5. The van der Waals surface area contributed by atoms with E-state index in [1.807, 2.05) is 54.6 Å². The largest absolute Gasteiger partial charge is 0.508 e. The molecule has 1 heterocycles. The van der Waals surface area contributed by atoms with Crippen molar-refractivity contribution < 1.29 is 14.8 Å².